The zero-order valence-electron chi connectivity index (χ0n) is 39.7. The van der Waals surface area contributed by atoms with Crippen molar-refractivity contribution in [2.45, 2.75) is 155 Å². The van der Waals surface area contributed by atoms with E-state index in [-0.39, 0.29) is 50.2 Å². The lowest BCUT2D eigenvalue weighted by Gasteiger charge is -2.34. The number of Topliss-reactive ketones (excluding diaryl/α,β-unsaturated/α-hetero) is 2. The largest absolute Gasteiger partial charge is 0.481 e. The second-order valence-electron chi connectivity index (χ2n) is 18.1. The topological polar surface area (TPSA) is 326 Å². The van der Waals surface area contributed by atoms with E-state index in [4.69, 9.17) is 5.73 Å². The van der Waals surface area contributed by atoms with E-state index < -0.39 is 120 Å². The summed E-state index contributed by atoms with van der Waals surface area (Å²) in [5.41, 5.74) is 5.52. The van der Waals surface area contributed by atoms with E-state index >= 15 is 0 Å². The fraction of sp³-hybridized carbons (Fsp3) is 0.553. The number of carboxylic acid groups (broad SMARTS) is 2. The minimum atomic E-state index is -1.72. The standard InChI is InChI=1S/C47H67N7O13S/c1-8-9-16-29(39(61)41(48)62)50-43(64)31(23-26(2)3)53-46(67)40(47(5,6)7)54-45(66)32(24-28-15-11-10-14-27(28)4)52-42(63)30(20-21-37(57)58)51-44(65)33(25-38(59)60)49-36(56)19-12-17-34(55)35-18-13-22-68-35/h10-11,13-15,18,22,26,29-33,40H,8-9,12,16-17,19-21,23-25H2,1-7H3,(H2,48,62)(H,49,56)(H,50,64)(H,51,65)(H,52,63)(H,53,67)(H,54,66)(H,57,58)(H,59,60)/t29?,30-,31-,32-,33-,40+/m0/s1. The van der Waals surface area contributed by atoms with Crippen LogP contribution >= 0.6 is 11.3 Å². The van der Waals surface area contributed by atoms with Crippen molar-refractivity contribution in [3.05, 3.63) is 57.8 Å². The lowest BCUT2D eigenvalue weighted by atomic mass is 9.85. The number of thiophene rings is 1. The first-order chi connectivity index (χ1) is 31.8. The number of carboxylic acids is 2. The summed E-state index contributed by atoms with van der Waals surface area (Å²) in [6.07, 6.45) is -1.05. The zero-order valence-corrected chi connectivity index (χ0v) is 40.5. The Balaban J connectivity index is 2.43. The Morgan fingerprint density at radius 3 is 1.79 bits per heavy atom. The number of ketones is 2. The van der Waals surface area contributed by atoms with Crippen LogP contribution in [0.5, 0.6) is 0 Å². The number of unbranched alkanes of at least 4 members (excludes halogenated alkanes) is 1. The molecule has 0 spiro atoms. The van der Waals surface area contributed by atoms with Crippen LogP contribution in [0.1, 0.15) is 127 Å². The van der Waals surface area contributed by atoms with Gasteiger partial charge in [0.05, 0.1) is 17.3 Å². The number of aryl methyl sites for hydroxylation is 1. The molecular formula is C47H67N7O13S. The maximum atomic E-state index is 14.4. The van der Waals surface area contributed by atoms with Crippen molar-refractivity contribution in [3.8, 4) is 0 Å². The van der Waals surface area contributed by atoms with Gasteiger partial charge in [-0.3, -0.25) is 52.7 Å². The summed E-state index contributed by atoms with van der Waals surface area (Å²) in [7, 11) is 0. The molecule has 1 aromatic heterocycles. The minimum absolute atomic E-state index is 0.0117. The molecular weight excluding hydrogens is 903 g/mol. The molecule has 21 heteroatoms. The highest BCUT2D eigenvalue weighted by molar-refractivity contribution is 7.12. The Morgan fingerprint density at radius 1 is 0.647 bits per heavy atom. The molecule has 2 rings (SSSR count). The molecule has 0 saturated heterocycles. The number of hydrogen-bond acceptors (Lipinski definition) is 12. The first-order valence-electron chi connectivity index (χ1n) is 22.5. The number of hydrogen-bond donors (Lipinski definition) is 9. The summed E-state index contributed by atoms with van der Waals surface area (Å²) >= 11 is 1.24. The van der Waals surface area contributed by atoms with Gasteiger partial charge in [-0.2, -0.15) is 0 Å². The van der Waals surface area contributed by atoms with Gasteiger partial charge in [0, 0.05) is 25.7 Å². The van der Waals surface area contributed by atoms with Crippen molar-refractivity contribution in [3.63, 3.8) is 0 Å². The van der Waals surface area contributed by atoms with Crippen molar-refractivity contribution in [2.75, 3.05) is 0 Å². The highest BCUT2D eigenvalue weighted by atomic mass is 32.1. The molecule has 0 bridgehead atoms. The Kier molecular flexibility index (Phi) is 23.7. The number of nitrogens with one attached hydrogen (secondary N) is 6. The highest BCUT2D eigenvalue weighted by Gasteiger charge is 2.39. The number of nitrogens with two attached hydrogens (primary N) is 1. The van der Waals surface area contributed by atoms with Crippen molar-refractivity contribution < 1.29 is 63.0 Å². The van der Waals surface area contributed by atoms with Gasteiger partial charge in [-0.1, -0.05) is 84.7 Å². The van der Waals surface area contributed by atoms with Crippen LogP contribution in [0.25, 0.3) is 0 Å². The van der Waals surface area contributed by atoms with E-state index in [1.807, 2.05) is 6.92 Å². The molecule has 1 heterocycles. The molecule has 0 saturated carbocycles. The molecule has 0 radical (unpaired) electrons. The summed E-state index contributed by atoms with van der Waals surface area (Å²) in [5, 5.41) is 36.0. The Morgan fingerprint density at radius 2 is 1.24 bits per heavy atom. The van der Waals surface area contributed by atoms with Crippen molar-refractivity contribution in [1.82, 2.24) is 31.9 Å². The van der Waals surface area contributed by atoms with E-state index in [1.54, 1.807) is 83.3 Å². The van der Waals surface area contributed by atoms with E-state index in [0.717, 1.165) is 5.56 Å². The van der Waals surface area contributed by atoms with Crippen LogP contribution in [-0.2, 0) is 54.4 Å². The van der Waals surface area contributed by atoms with Crippen LogP contribution < -0.4 is 37.6 Å². The Hall–Kier alpha value is -6.51. The van der Waals surface area contributed by atoms with E-state index in [2.05, 4.69) is 31.9 Å². The van der Waals surface area contributed by atoms with Crippen LogP contribution in [0.3, 0.4) is 0 Å². The van der Waals surface area contributed by atoms with Gasteiger partial charge in [0.1, 0.15) is 30.2 Å². The third-order valence-corrected chi connectivity index (χ3v) is 11.6. The molecule has 10 N–H and O–H groups in total. The minimum Gasteiger partial charge on any atom is -0.481 e. The van der Waals surface area contributed by atoms with Gasteiger partial charge in [-0.05, 0) is 66.5 Å². The van der Waals surface area contributed by atoms with Crippen molar-refractivity contribution >= 4 is 76.2 Å². The summed E-state index contributed by atoms with van der Waals surface area (Å²) in [6.45, 7) is 12.1. The molecule has 2 aromatic rings. The van der Waals surface area contributed by atoms with Crippen LogP contribution in [0.15, 0.2) is 41.8 Å². The number of aliphatic carboxylic acids is 2. The van der Waals surface area contributed by atoms with E-state index in [1.165, 1.54) is 11.3 Å². The molecule has 0 aliphatic carbocycles. The third kappa shape index (κ3) is 20.2. The first kappa shape index (κ1) is 57.6. The van der Waals surface area contributed by atoms with Crippen molar-refractivity contribution in [2.24, 2.45) is 17.1 Å². The van der Waals surface area contributed by atoms with E-state index in [0.29, 0.717) is 23.3 Å². The Labute approximate surface area is 400 Å². The summed E-state index contributed by atoms with van der Waals surface area (Å²) in [5.74, 6) is -10.8. The maximum absolute atomic E-state index is 14.4. The summed E-state index contributed by atoms with van der Waals surface area (Å²) in [6, 6.07) is 1.53. The summed E-state index contributed by atoms with van der Waals surface area (Å²) in [4.78, 5) is 144. The average molecular weight is 970 g/mol. The molecule has 7 amide bonds. The second kappa shape index (κ2) is 28.0. The quantitative estimate of drug-likeness (QED) is 0.0401. The molecule has 0 fully saturated rings. The molecule has 68 heavy (non-hydrogen) atoms. The number of primary amides is 1. The Bertz CT molecular complexity index is 2120. The normalized spacial score (nSPS) is 13.9. The fourth-order valence-electron chi connectivity index (χ4n) is 6.97. The second-order valence-corrected chi connectivity index (χ2v) is 19.0. The lowest BCUT2D eigenvalue weighted by Crippen LogP contribution is -2.62. The highest BCUT2D eigenvalue weighted by Crippen LogP contribution is 2.22. The molecule has 0 aliphatic rings. The predicted octanol–water partition coefficient (Wildman–Crippen LogP) is 2.24. The number of rotatable bonds is 30. The van der Waals surface area contributed by atoms with Gasteiger partial charge in [-0.25, -0.2) is 0 Å². The molecule has 1 aromatic carbocycles. The number of amides is 7. The number of benzene rings is 1. The van der Waals surface area contributed by atoms with Crippen LogP contribution in [0.4, 0.5) is 0 Å². The molecule has 20 nitrogen and oxygen atoms in total. The number of carbonyl (C=O) groups excluding carboxylic acids is 9. The predicted molar refractivity (Wildman–Crippen MR) is 251 cm³/mol. The first-order valence-corrected chi connectivity index (χ1v) is 23.4. The fourth-order valence-corrected chi connectivity index (χ4v) is 7.66. The van der Waals surface area contributed by atoms with Crippen LogP contribution in [0.2, 0.25) is 0 Å². The molecule has 0 aliphatic heterocycles. The maximum Gasteiger partial charge on any atom is 0.305 e. The van der Waals surface area contributed by atoms with Crippen molar-refractivity contribution in [1.29, 1.82) is 0 Å². The third-order valence-electron chi connectivity index (χ3n) is 10.7. The van der Waals surface area contributed by atoms with Crippen LogP contribution in [0, 0.1) is 18.3 Å². The lowest BCUT2D eigenvalue weighted by molar-refractivity contribution is -0.141. The van der Waals surface area contributed by atoms with Crippen LogP contribution in [-0.4, -0.2) is 111 Å². The van der Waals surface area contributed by atoms with Gasteiger partial charge in [0.15, 0.2) is 5.78 Å². The van der Waals surface area contributed by atoms with Gasteiger partial charge in [-0.15, -0.1) is 11.3 Å². The van der Waals surface area contributed by atoms with Gasteiger partial charge in [0.2, 0.25) is 41.2 Å². The molecule has 374 valence electrons. The van der Waals surface area contributed by atoms with Gasteiger partial charge in [0.25, 0.3) is 5.91 Å². The average Bonchev–Trinajstić information content (AvgIpc) is 3.80. The molecule has 6 atom stereocenters. The molecule has 1 unspecified atom stereocenters. The summed E-state index contributed by atoms with van der Waals surface area (Å²) < 4.78 is 0. The van der Waals surface area contributed by atoms with Gasteiger partial charge >= 0.3 is 11.9 Å². The van der Waals surface area contributed by atoms with E-state index in [9.17, 15) is 63.0 Å². The monoisotopic (exact) mass is 969 g/mol. The van der Waals surface area contributed by atoms with Gasteiger partial charge < -0.3 is 47.8 Å². The zero-order chi connectivity index (χ0) is 51.3. The SMILES string of the molecule is CCCCC(NC(=O)[C@H](CC(C)C)NC(=O)[C@@H](NC(=O)[C@H](Cc1ccccc1C)NC(=O)[C@H](CCC(=O)O)NC(=O)[C@H](CC(=O)O)NC(=O)CCCC(=O)c1cccs1)C(C)(C)C)C(=O)C(N)=O. The smallest absolute Gasteiger partial charge is 0.305 e. The number of carbonyl (C=O) groups is 11.